The molecule has 0 spiro atoms. The molecule has 1 atom stereocenters. The first-order valence-corrected chi connectivity index (χ1v) is 8.42. The molecular formula is C14H27N3O3S. The second-order valence-electron chi connectivity index (χ2n) is 5.21. The third-order valence-electron chi connectivity index (χ3n) is 3.33. The van der Waals surface area contributed by atoms with Gasteiger partial charge in [-0.25, -0.2) is 0 Å². The molecule has 0 aromatic carbocycles. The second kappa shape index (κ2) is 10.6. The summed E-state index contributed by atoms with van der Waals surface area (Å²) in [4.78, 5) is 34.0. The molecule has 0 fully saturated rings. The van der Waals surface area contributed by atoms with Gasteiger partial charge in [-0.2, -0.15) is 0 Å². The summed E-state index contributed by atoms with van der Waals surface area (Å²) in [6.07, 6.45) is 4.59. The normalized spacial score (nSPS) is 13.5. The van der Waals surface area contributed by atoms with Crippen LogP contribution in [0.15, 0.2) is 0 Å². The zero-order valence-corrected chi connectivity index (χ0v) is 14.0. The van der Waals surface area contributed by atoms with Gasteiger partial charge in [0.05, 0.1) is 0 Å². The molecule has 122 valence electrons. The molecule has 6 nitrogen and oxygen atoms in total. The van der Waals surface area contributed by atoms with Gasteiger partial charge in [0.25, 0.3) is 0 Å². The standard InChI is InChI=1S/C14H27N3O3S/c1-4-16-13(20)7-10-14(17-21-3,8-5-11(2)18)9-6-12(15)19/h17H,4-10H2,1-3H3,(H2,15,19)(H,16,20). The number of nitrogens with two attached hydrogens (primary N) is 1. The minimum atomic E-state index is -0.425. The molecule has 0 saturated heterocycles. The lowest BCUT2D eigenvalue weighted by Gasteiger charge is -2.34. The van der Waals surface area contributed by atoms with Crippen LogP contribution in [0, 0.1) is 0 Å². The van der Waals surface area contributed by atoms with Gasteiger partial charge in [-0.15, -0.1) is 0 Å². The number of primary amides is 1. The number of ketones is 1. The lowest BCUT2D eigenvalue weighted by Crippen LogP contribution is -2.43. The van der Waals surface area contributed by atoms with Gasteiger partial charge in [-0.05, 0) is 39.4 Å². The Labute approximate surface area is 131 Å². The molecule has 0 bridgehead atoms. The summed E-state index contributed by atoms with van der Waals surface area (Å²) in [7, 11) is 0. The molecule has 0 rings (SSSR count). The van der Waals surface area contributed by atoms with Gasteiger partial charge in [0.15, 0.2) is 0 Å². The number of hydrogen-bond acceptors (Lipinski definition) is 5. The molecule has 1 unspecified atom stereocenters. The first-order chi connectivity index (χ1) is 9.85. The van der Waals surface area contributed by atoms with Crippen LogP contribution in [0.2, 0.25) is 0 Å². The van der Waals surface area contributed by atoms with Gasteiger partial charge >= 0.3 is 0 Å². The summed E-state index contributed by atoms with van der Waals surface area (Å²) in [5.41, 5.74) is 4.81. The van der Waals surface area contributed by atoms with E-state index in [0.29, 0.717) is 38.6 Å². The Morgan fingerprint density at radius 1 is 1.10 bits per heavy atom. The Morgan fingerprint density at radius 2 is 1.67 bits per heavy atom. The molecule has 21 heavy (non-hydrogen) atoms. The Kier molecular flexibility index (Phi) is 10.1. The number of rotatable bonds is 12. The number of carbonyl (C=O) groups is 3. The smallest absolute Gasteiger partial charge is 0.220 e. The summed E-state index contributed by atoms with van der Waals surface area (Å²) in [5.74, 6) is -0.297. The summed E-state index contributed by atoms with van der Waals surface area (Å²) >= 11 is 1.43. The summed E-state index contributed by atoms with van der Waals surface area (Å²) in [5, 5.41) is 2.76. The fourth-order valence-electron chi connectivity index (χ4n) is 2.16. The predicted octanol–water partition coefficient (Wildman–Crippen LogP) is 1.14. The zero-order chi connectivity index (χ0) is 16.3. The number of Topliss-reactive ketones (excluding diaryl/α,β-unsaturated/α-hetero) is 1. The summed E-state index contributed by atoms with van der Waals surface area (Å²) in [6, 6.07) is 0. The van der Waals surface area contributed by atoms with Gasteiger partial charge in [0.2, 0.25) is 11.8 Å². The Balaban J connectivity index is 4.82. The molecule has 0 aliphatic carbocycles. The van der Waals surface area contributed by atoms with Crippen molar-refractivity contribution >= 4 is 29.5 Å². The van der Waals surface area contributed by atoms with Crippen LogP contribution >= 0.6 is 11.9 Å². The summed E-state index contributed by atoms with van der Waals surface area (Å²) in [6.45, 7) is 4.01. The average Bonchev–Trinajstić information content (AvgIpc) is 2.41. The first-order valence-electron chi connectivity index (χ1n) is 7.20. The fourth-order valence-corrected chi connectivity index (χ4v) is 2.90. The highest BCUT2D eigenvalue weighted by molar-refractivity contribution is 7.96. The van der Waals surface area contributed by atoms with Crippen molar-refractivity contribution in [3.8, 4) is 0 Å². The minimum absolute atomic E-state index is 0.0216. The monoisotopic (exact) mass is 317 g/mol. The maximum Gasteiger partial charge on any atom is 0.220 e. The molecule has 0 heterocycles. The molecule has 0 aromatic rings. The Bertz CT molecular complexity index is 343. The lowest BCUT2D eigenvalue weighted by atomic mass is 9.84. The van der Waals surface area contributed by atoms with Crippen molar-refractivity contribution in [2.75, 3.05) is 12.8 Å². The predicted molar refractivity (Wildman–Crippen MR) is 85.6 cm³/mol. The van der Waals surface area contributed by atoms with Gasteiger partial charge in [-0.1, -0.05) is 11.9 Å². The number of amides is 2. The van der Waals surface area contributed by atoms with Crippen LogP contribution in [0.25, 0.3) is 0 Å². The Hall–Kier alpha value is -1.08. The van der Waals surface area contributed by atoms with Gasteiger partial charge < -0.3 is 15.8 Å². The van der Waals surface area contributed by atoms with Crippen LogP contribution in [-0.2, 0) is 14.4 Å². The van der Waals surface area contributed by atoms with E-state index in [4.69, 9.17) is 5.73 Å². The van der Waals surface area contributed by atoms with E-state index in [1.165, 1.54) is 11.9 Å². The highest BCUT2D eigenvalue weighted by Crippen LogP contribution is 2.27. The van der Waals surface area contributed by atoms with E-state index in [1.54, 1.807) is 6.92 Å². The maximum atomic E-state index is 11.7. The molecule has 2 amide bonds. The topological polar surface area (TPSA) is 101 Å². The molecule has 0 aliphatic rings. The average molecular weight is 317 g/mol. The maximum absolute atomic E-state index is 11.7. The molecular weight excluding hydrogens is 290 g/mol. The fraction of sp³-hybridized carbons (Fsp3) is 0.786. The van der Waals surface area contributed by atoms with Crippen molar-refractivity contribution in [2.24, 2.45) is 5.73 Å². The molecule has 0 saturated carbocycles. The molecule has 7 heteroatoms. The van der Waals surface area contributed by atoms with Crippen LogP contribution in [-0.4, -0.2) is 35.9 Å². The van der Waals surface area contributed by atoms with Crippen LogP contribution in [0.1, 0.15) is 52.4 Å². The van der Waals surface area contributed by atoms with E-state index in [2.05, 4.69) is 10.0 Å². The van der Waals surface area contributed by atoms with Gasteiger partial charge in [0, 0.05) is 31.3 Å². The van der Waals surface area contributed by atoms with E-state index in [0.717, 1.165) is 0 Å². The van der Waals surface area contributed by atoms with E-state index < -0.39 is 5.54 Å². The SMILES string of the molecule is CCNC(=O)CCC(CCC(C)=O)(CCC(N)=O)NSC. The van der Waals surface area contributed by atoms with E-state index in [9.17, 15) is 14.4 Å². The number of nitrogens with one attached hydrogen (secondary N) is 2. The van der Waals surface area contributed by atoms with Gasteiger partial charge in [0.1, 0.15) is 5.78 Å². The quantitative estimate of drug-likeness (QED) is 0.469. The van der Waals surface area contributed by atoms with Crippen molar-refractivity contribution < 1.29 is 14.4 Å². The van der Waals surface area contributed by atoms with Crippen molar-refractivity contribution in [3.63, 3.8) is 0 Å². The third kappa shape index (κ3) is 9.47. The highest BCUT2D eigenvalue weighted by atomic mass is 32.2. The molecule has 4 N–H and O–H groups in total. The largest absolute Gasteiger partial charge is 0.370 e. The van der Waals surface area contributed by atoms with Crippen LogP contribution in [0.3, 0.4) is 0 Å². The van der Waals surface area contributed by atoms with Crippen molar-refractivity contribution in [1.29, 1.82) is 0 Å². The van der Waals surface area contributed by atoms with Crippen LogP contribution in [0.5, 0.6) is 0 Å². The van der Waals surface area contributed by atoms with Crippen LogP contribution < -0.4 is 15.8 Å². The molecule has 0 aromatic heterocycles. The minimum Gasteiger partial charge on any atom is -0.370 e. The van der Waals surface area contributed by atoms with Crippen molar-refractivity contribution in [3.05, 3.63) is 0 Å². The number of hydrogen-bond donors (Lipinski definition) is 3. The zero-order valence-electron chi connectivity index (χ0n) is 13.2. The molecule has 0 radical (unpaired) electrons. The molecule has 0 aliphatic heterocycles. The van der Waals surface area contributed by atoms with E-state index in [1.807, 2.05) is 13.2 Å². The van der Waals surface area contributed by atoms with E-state index >= 15 is 0 Å². The highest BCUT2D eigenvalue weighted by Gasteiger charge is 2.30. The Morgan fingerprint density at radius 3 is 2.14 bits per heavy atom. The second-order valence-corrected chi connectivity index (χ2v) is 5.82. The van der Waals surface area contributed by atoms with Gasteiger partial charge in [-0.3, -0.25) is 14.3 Å². The lowest BCUT2D eigenvalue weighted by molar-refractivity contribution is -0.121. The summed E-state index contributed by atoms with van der Waals surface area (Å²) < 4.78 is 3.28. The number of carbonyl (C=O) groups excluding carboxylic acids is 3. The van der Waals surface area contributed by atoms with Crippen molar-refractivity contribution in [1.82, 2.24) is 10.0 Å². The van der Waals surface area contributed by atoms with E-state index in [-0.39, 0.29) is 24.0 Å². The van der Waals surface area contributed by atoms with Crippen LogP contribution in [0.4, 0.5) is 0 Å². The first kappa shape index (κ1) is 19.9. The van der Waals surface area contributed by atoms with Crippen molar-refractivity contribution in [2.45, 2.75) is 57.9 Å². The third-order valence-corrected chi connectivity index (χ3v) is 3.97.